The van der Waals surface area contributed by atoms with Gasteiger partial charge in [-0.3, -0.25) is 0 Å². The molecule has 2 heteroatoms. The molecule has 0 saturated heterocycles. The molecule has 1 atom stereocenters. The molecule has 0 saturated carbocycles. The number of benzene rings is 2. The Kier molecular flexibility index (Phi) is 4.41. The van der Waals surface area contributed by atoms with Crippen LogP contribution in [0.5, 0.6) is 0 Å². The molecular weight excluding hydrogens is 288 g/mol. The van der Waals surface area contributed by atoms with Crippen molar-refractivity contribution >= 4 is 26.7 Å². The van der Waals surface area contributed by atoms with Crippen molar-refractivity contribution in [3.05, 3.63) is 46.4 Å². The lowest BCUT2D eigenvalue weighted by Crippen LogP contribution is -2.11. The maximum atomic E-state index is 10.6. The van der Waals surface area contributed by atoms with Crippen LogP contribution in [0, 0.1) is 5.92 Å². The number of rotatable bonds is 4. The Morgan fingerprint density at radius 1 is 1.00 bits per heavy atom. The highest BCUT2D eigenvalue weighted by atomic mass is 79.9. The van der Waals surface area contributed by atoms with Gasteiger partial charge in [0.1, 0.15) is 0 Å². The average Bonchev–Trinajstić information content (AvgIpc) is 2.41. The molecule has 1 N–H and O–H groups in total. The van der Waals surface area contributed by atoms with Gasteiger partial charge in [0.25, 0.3) is 0 Å². The summed E-state index contributed by atoms with van der Waals surface area (Å²) in [7, 11) is 0. The van der Waals surface area contributed by atoms with Crippen LogP contribution in [-0.4, -0.2) is 5.11 Å². The highest BCUT2D eigenvalue weighted by molar-refractivity contribution is 9.10. The van der Waals surface area contributed by atoms with Crippen molar-refractivity contribution in [2.45, 2.75) is 32.8 Å². The molecule has 0 aliphatic rings. The van der Waals surface area contributed by atoms with Gasteiger partial charge >= 0.3 is 0 Å². The standard InChI is InChI=1S/C16H19BrO/c1-3-11(4-2)16(18)14-9-10-15(17)13-8-6-5-7-12(13)14/h5-11,16,18H,3-4H2,1-2H3. The Hall–Kier alpha value is -0.860. The first-order chi connectivity index (χ1) is 8.69. The summed E-state index contributed by atoms with van der Waals surface area (Å²) < 4.78 is 1.08. The first-order valence-corrected chi connectivity index (χ1v) is 7.33. The number of fused-ring (bicyclic) bond motifs is 1. The number of hydrogen-bond acceptors (Lipinski definition) is 1. The molecule has 0 aliphatic heterocycles. The summed E-state index contributed by atoms with van der Waals surface area (Å²) in [5, 5.41) is 12.9. The van der Waals surface area contributed by atoms with Crippen LogP contribution in [0.4, 0.5) is 0 Å². The molecule has 0 heterocycles. The van der Waals surface area contributed by atoms with Crippen molar-refractivity contribution in [3.63, 3.8) is 0 Å². The van der Waals surface area contributed by atoms with Gasteiger partial charge in [-0.15, -0.1) is 0 Å². The summed E-state index contributed by atoms with van der Waals surface area (Å²) in [5.41, 5.74) is 1.04. The first kappa shape index (κ1) is 13.6. The fourth-order valence-corrected chi connectivity index (χ4v) is 3.01. The van der Waals surface area contributed by atoms with Gasteiger partial charge in [0.2, 0.25) is 0 Å². The largest absolute Gasteiger partial charge is 0.388 e. The Balaban J connectivity index is 2.54. The second-order valence-corrected chi connectivity index (χ2v) is 5.56. The van der Waals surface area contributed by atoms with Crippen LogP contribution in [0.2, 0.25) is 0 Å². The van der Waals surface area contributed by atoms with Crippen molar-refractivity contribution in [1.82, 2.24) is 0 Å². The highest BCUT2D eigenvalue weighted by Gasteiger charge is 2.19. The SMILES string of the molecule is CCC(CC)C(O)c1ccc(Br)c2ccccc12. The molecular formula is C16H19BrO. The zero-order valence-electron chi connectivity index (χ0n) is 10.9. The van der Waals surface area contributed by atoms with Crippen molar-refractivity contribution in [2.75, 3.05) is 0 Å². The summed E-state index contributed by atoms with van der Waals surface area (Å²) in [6.07, 6.45) is 1.63. The lowest BCUT2D eigenvalue weighted by molar-refractivity contribution is 0.105. The van der Waals surface area contributed by atoms with Gasteiger partial charge in [0.15, 0.2) is 0 Å². The maximum absolute atomic E-state index is 10.6. The maximum Gasteiger partial charge on any atom is 0.0824 e. The van der Waals surface area contributed by atoms with Crippen molar-refractivity contribution in [3.8, 4) is 0 Å². The Labute approximate surface area is 117 Å². The van der Waals surface area contributed by atoms with E-state index in [9.17, 15) is 5.11 Å². The lowest BCUT2D eigenvalue weighted by atomic mass is 9.89. The van der Waals surface area contributed by atoms with Gasteiger partial charge in [0, 0.05) is 4.47 Å². The van der Waals surface area contributed by atoms with Gasteiger partial charge in [-0.1, -0.05) is 73.0 Å². The molecule has 18 heavy (non-hydrogen) atoms. The summed E-state index contributed by atoms with van der Waals surface area (Å²) in [6, 6.07) is 12.3. The number of halogens is 1. The monoisotopic (exact) mass is 306 g/mol. The van der Waals surface area contributed by atoms with Gasteiger partial charge in [-0.05, 0) is 28.3 Å². The zero-order chi connectivity index (χ0) is 13.1. The third kappa shape index (κ3) is 2.45. The van der Waals surface area contributed by atoms with E-state index < -0.39 is 0 Å². The lowest BCUT2D eigenvalue weighted by Gasteiger charge is -2.22. The minimum atomic E-state index is -0.377. The zero-order valence-corrected chi connectivity index (χ0v) is 12.4. The number of aliphatic hydroxyl groups excluding tert-OH is 1. The van der Waals surface area contributed by atoms with Crippen LogP contribution in [0.25, 0.3) is 10.8 Å². The van der Waals surface area contributed by atoms with E-state index in [4.69, 9.17) is 0 Å². The van der Waals surface area contributed by atoms with E-state index in [2.05, 4.69) is 41.9 Å². The third-order valence-corrected chi connectivity index (χ3v) is 4.41. The van der Waals surface area contributed by atoms with Crippen molar-refractivity contribution < 1.29 is 5.11 Å². The summed E-state index contributed by atoms with van der Waals surface area (Å²) in [5.74, 6) is 0.328. The average molecular weight is 307 g/mol. The molecule has 0 aromatic heterocycles. The van der Waals surface area contributed by atoms with Gasteiger partial charge in [0.05, 0.1) is 6.10 Å². The number of aliphatic hydroxyl groups is 1. The van der Waals surface area contributed by atoms with E-state index in [0.29, 0.717) is 5.92 Å². The highest BCUT2D eigenvalue weighted by Crippen LogP contribution is 2.34. The van der Waals surface area contributed by atoms with Crippen LogP contribution in [0.15, 0.2) is 40.9 Å². The van der Waals surface area contributed by atoms with Crippen molar-refractivity contribution in [2.24, 2.45) is 5.92 Å². The van der Waals surface area contributed by atoms with Crippen LogP contribution in [-0.2, 0) is 0 Å². The smallest absolute Gasteiger partial charge is 0.0824 e. The van der Waals surface area contributed by atoms with Gasteiger partial charge in [-0.2, -0.15) is 0 Å². The molecule has 1 nitrogen and oxygen atoms in total. The van der Waals surface area contributed by atoms with Crippen LogP contribution < -0.4 is 0 Å². The molecule has 0 spiro atoms. The summed E-state index contributed by atoms with van der Waals surface area (Å²) >= 11 is 3.57. The third-order valence-electron chi connectivity index (χ3n) is 3.72. The molecule has 0 aliphatic carbocycles. The predicted octanol–water partition coefficient (Wildman–Crippen LogP) is 5.07. The first-order valence-electron chi connectivity index (χ1n) is 6.54. The van der Waals surface area contributed by atoms with Gasteiger partial charge in [-0.25, -0.2) is 0 Å². The fourth-order valence-electron chi connectivity index (χ4n) is 2.53. The minimum Gasteiger partial charge on any atom is -0.388 e. The van der Waals surface area contributed by atoms with E-state index >= 15 is 0 Å². The van der Waals surface area contributed by atoms with Crippen LogP contribution in [0.1, 0.15) is 38.4 Å². The fraction of sp³-hybridized carbons (Fsp3) is 0.375. The normalized spacial score (nSPS) is 13.2. The summed E-state index contributed by atoms with van der Waals surface area (Å²) in [6.45, 7) is 4.27. The van der Waals surface area contributed by atoms with Gasteiger partial charge < -0.3 is 5.11 Å². The predicted molar refractivity (Wildman–Crippen MR) is 80.7 cm³/mol. The molecule has 0 bridgehead atoms. The molecule has 0 amide bonds. The van der Waals surface area contributed by atoms with Crippen LogP contribution >= 0.6 is 15.9 Å². The molecule has 0 fully saturated rings. The molecule has 2 aromatic carbocycles. The Bertz CT molecular complexity index is 532. The molecule has 1 unspecified atom stereocenters. The summed E-state index contributed by atoms with van der Waals surface area (Å²) in [4.78, 5) is 0. The second kappa shape index (κ2) is 5.85. The minimum absolute atomic E-state index is 0.328. The van der Waals surface area contributed by atoms with E-state index in [1.165, 1.54) is 5.39 Å². The Morgan fingerprint density at radius 3 is 2.22 bits per heavy atom. The van der Waals surface area contributed by atoms with Crippen LogP contribution in [0.3, 0.4) is 0 Å². The molecule has 0 radical (unpaired) electrons. The van der Waals surface area contributed by atoms with E-state index in [-0.39, 0.29) is 6.10 Å². The second-order valence-electron chi connectivity index (χ2n) is 4.70. The number of hydrogen-bond donors (Lipinski definition) is 1. The Morgan fingerprint density at radius 2 is 1.61 bits per heavy atom. The van der Waals surface area contributed by atoms with E-state index in [1.807, 2.05) is 24.3 Å². The molecule has 2 aromatic rings. The topological polar surface area (TPSA) is 20.2 Å². The van der Waals surface area contributed by atoms with E-state index in [1.54, 1.807) is 0 Å². The molecule has 2 rings (SSSR count). The van der Waals surface area contributed by atoms with Crippen molar-refractivity contribution in [1.29, 1.82) is 0 Å². The quantitative estimate of drug-likeness (QED) is 0.836. The molecule has 96 valence electrons. The van der Waals surface area contributed by atoms with E-state index in [0.717, 1.165) is 28.3 Å².